The number of nitrogen functional groups attached to an aromatic ring is 1. The van der Waals surface area contributed by atoms with Crippen LogP contribution in [0.15, 0.2) is 30.3 Å². The number of anilines is 1. The molecule has 2 heterocycles. The molecule has 23 heavy (non-hydrogen) atoms. The van der Waals surface area contributed by atoms with E-state index in [2.05, 4.69) is 47.5 Å². The summed E-state index contributed by atoms with van der Waals surface area (Å²) in [5.41, 5.74) is 11.6. The summed E-state index contributed by atoms with van der Waals surface area (Å²) in [6.45, 7) is 2.10. The molecule has 3 aromatic rings. The van der Waals surface area contributed by atoms with Crippen LogP contribution in [-0.4, -0.2) is 15.2 Å². The summed E-state index contributed by atoms with van der Waals surface area (Å²) in [6.07, 6.45) is 6.40. The summed E-state index contributed by atoms with van der Waals surface area (Å²) in [6, 6.07) is 10.8. The normalized spacial score (nSPS) is 16.0. The van der Waals surface area contributed by atoms with Crippen molar-refractivity contribution in [2.24, 2.45) is 0 Å². The minimum absolute atomic E-state index is 0.551. The average Bonchev–Trinajstić information content (AvgIpc) is 2.97. The lowest BCUT2D eigenvalue weighted by Gasteiger charge is -2.21. The standard InChI is InChI=1S/C19H22N4/c1-12-7-9-13(10-8-12)15-11-16(14-5-3-2-4-6-14)21-19-17(15)18(20)22-23-19/h7-11,14H,2-6H2,1H3,(H3,20,21,22,23). The summed E-state index contributed by atoms with van der Waals surface area (Å²) < 4.78 is 0. The molecule has 4 nitrogen and oxygen atoms in total. The Kier molecular flexibility index (Phi) is 3.52. The Balaban J connectivity index is 1.89. The topological polar surface area (TPSA) is 67.6 Å². The summed E-state index contributed by atoms with van der Waals surface area (Å²) in [4.78, 5) is 4.80. The Labute approximate surface area is 136 Å². The highest BCUT2D eigenvalue weighted by Crippen LogP contribution is 2.37. The van der Waals surface area contributed by atoms with Gasteiger partial charge in [-0.2, -0.15) is 5.10 Å². The van der Waals surface area contributed by atoms with Crippen LogP contribution in [0.5, 0.6) is 0 Å². The summed E-state index contributed by atoms with van der Waals surface area (Å²) in [5, 5.41) is 8.15. The van der Waals surface area contributed by atoms with E-state index in [0.29, 0.717) is 11.7 Å². The second-order valence-electron chi connectivity index (χ2n) is 6.63. The van der Waals surface area contributed by atoms with Gasteiger partial charge in [-0.25, -0.2) is 4.98 Å². The van der Waals surface area contributed by atoms with Crippen LogP contribution in [0.25, 0.3) is 22.2 Å². The first-order chi connectivity index (χ1) is 11.2. The molecular formula is C19H22N4. The van der Waals surface area contributed by atoms with E-state index in [9.17, 15) is 0 Å². The van der Waals surface area contributed by atoms with Crippen LogP contribution in [0.4, 0.5) is 5.82 Å². The SMILES string of the molecule is Cc1ccc(-c2cc(C3CCCCC3)nc3n[nH]c(N)c23)cc1. The molecule has 1 fully saturated rings. The molecule has 0 radical (unpaired) electrons. The van der Waals surface area contributed by atoms with Crippen molar-refractivity contribution < 1.29 is 0 Å². The molecule has 0 saturated heterocycles. The number of rotatable bonds is 2. The number of hydrogen-bond acceptors (Lipinski definition) is 3. The van der Waals surface area contributed by atoms with Gasteiger partial charge in [-0.1, -0.05) is 49.1 Å². The minimum Gasteiger partial charge on any atom is -0.383 e. The zero-order valence-corrected chi connectivity index (χ0v) is 13.5. The number of nitrogens with zero attached hydrogens (tertiary/aromatic N) is 2. The number of aromatic amines is 1. The van der Waals surface area contributed by atoms with Crippen molar-refractivity contribution in [1.29, 1.82) is 0 Å². The number of aromatic nitrogens is 3. The monoisotopic (exact) mass is 306 g/mol. The van der Waals surface area contributed by atoms with Crippen molar-refractivity contribution in [2.75, 3.05) is 5.73 Å². The van der Waals surface area contributed by atoms with E-state index in [0.717, 1.165) is 16.6 Å². The molecule has 4 rings (SSSR count). The highest BCUT2D eigenvalue weighted by atomic mass is 15.2. The molecule has 0 amide bonds. The quantitative estimate of drug-likeness (QED) is 0.729. The Bertz CT molecular complexity index is 826. The Morgan fingerprint density at radius 1 is 1.09 bits per heavy atom. The molecule has 1 aliphatic carbocycles. The van der Waals surface area contributed by atoms with Crippen molar-refractivity contribution in [2.45, 2.75) is 44.9 Å². The van der Waals surface area contributed by atoms with Crippen molar-refractivity contribution >= 4 is 16.9 Å². The van der Waals surface area contributed by atoms with Crippen molar-refractivity contribution in [3.8, 4) is 11.1 Å². The first-order valence-corrected chi connectivity index (χ1v) is 8.44. The lowest BCUT2D eigenvalue weighted by Crippen LogP contribution is -2.07. The molecule has 0 bridgehead atoms. The number of nitrogens with one attached hydrogen (secondary N) is 1. The number of benzene rings is 1. The fourth-order valence-corrected chi connectivity index (χ4v) is 3.63. The predicted molar refractivity (Wildman–Crippen MR) is 94.3 cm³/mol. The highest BCUT2D eigenvalue weighted by molar-refractivity contribution is 6.00. The molecule has 0 spiro atoms. The molecule has 3 N–H and O–H groups in total. The van der Waals surface area contributed by atoms with E-state index in [-0.39, 0.29) is 0 Å². The van der Waals surface area contributed by atoms with Gasteiger partial charge in [0.1, 0.15) is 5.82 Å². The van der Waals surface area contributed by atoms with Gasteiger partial charge >= 0.3 is 0 Å². The molecule has 1 aromatic carbocycles. The lowest BCUT2D eigenvalue weighted by molar-refractivity contribution is 0.437. The van der Waals surface area contributed by atoms with Crippen LogP contribution >= 0.6 is 0 Å². The van der Waals surface area contributed by atoms with E-state index in [1.165, 1.54) is 48.9 Å². The van der Waals surface area contributed by atoms with Gasteiger partial charge in [-0.3, -0.25) is 5.10 Å². The summed E-state index contributed by atoms with van der Waals surface area (Å²) in [7, 11) is 0. The van der Waals surface area contributed by atoms with Crippen LogP contribution in [0.3, 0.4) is 0 Å². The van der Waals surface area contributed by atoms with E-state index in [1.54, 1.807) is 0 Å². The Morgan fingerprint density at radius 2 is 1.83 bits per heavy atom. The molecule has 118 valence electrons. The molecule has 2 aromatic heterocycles. The van der Waals surface area contributed by atoms with Crippen molar-refractivity contribution in [3.63, 3.8) is 0 Å². The zero-order chi connectivity index (χ0) is 15.8. The second-order valence-corrected chi connectivity index (χ2v) is 6.63. The molecular weight excluding hydrogens is 284 g/mol. The maximum absolute atomic E-state index is 6.11. The molecule has 1 aliphatic rings. The highest BCUT2D eigenvalue weighted by Gasteiger charge is 2.20. The largest absolute Gasteiger partial charge is 0.383 e. The summed E-state index contributed by atoms with van der Waals surface area (Å²) in [5.74, 6) is 1.15. The van der Waals surface area contributed by atoms with Gasteiger partial charge in [-0.05, 0) is 37.0 Å². The first kappa shape index (κ1) is 14.2. The van der Waals surface area contributed by atoms with E-state index in [1.807, 2.05) is 0 Å². The third kappa shape index (κ3) is 2.58. The number of aryl methyl sites for hydroxylation is 1. The van der Waals surface area contributed by atoms with Crippen molar-refractivity contribution in [1.82, 2.24) is 15.2 Å². The van der Waals surface area contributed by atoms with Gasteiger partial charge in [0.05, 0.1) is 5.39 Å². The van der Waals surface area contributed by atoms with Crippen molar-refractivity contribution in [3.05, 3.63) is 41.6 Å². The zero-order valence-electron chi connectivity index (χ0n) is 13.5. The van der Waals surface area contributed by atoms with Crippen LogP contribution in [-0.2, 0) is 0 Å². The number of hydrogen-bond donors (Lipinski definition) is 2. The molecule has 0 unspecified atom stereocenters. The molecule has 0 atom stereocenters. The summed E-state index contributed by atoms with van der Waals surface area (Å²) >= 11 is 0. The van der Waals surface area contributed by atoms with Gasteiger partial charge < -0.3 is 5.73 Å². The average molecular weight is 306 g/mol. The van der Waals surface area contributed by atoms with Crippen LogP contribution in [0, 0.1) is 6.92 Å². The van der Waals surface area contributed by atoms with Crippen LogP contribution in [0.1, 0.15) is 49.3 Å². The van der Waals surface area contributed by atoms with E-state index >= 15 is 0 Å². The second kappa shape index (κ2) is 5.69. The molecule has 1 saturated carbocycles. The first-order valence-electron chi connectivity index (χ1n) is 8.44. The van der Waals surface area contributed by atoms with Crippen LogP contribution in [0.2, 0.25) is 0 Å². The van der Waals surface area contributed by atoms with Gasteiger partial charge in [0.2, 0.25) is 0 Å². The number of nitrogens with two attached hydrogens (primary N) is 1. The van der Waals surface area contributed by atoms with Gasteiger partial charge in [-0.15, -0.1) is 0 Å². The van der Waals surface area contributed by atoms with E-state index < -0.39 is 0 Å². The molecule has 0 aliphatic heterocycles. The lowest BCUT2D eigenvalue weighted by atomic mass is 9.85. The third-order valence-corrected chi connectivity index (χ3v) is 4.96. The third-order valence-electron chi connectivity index (χ3n) is 4.96. The smallest absolute Gasteiger partial charge is 0.183 e. The number of fused-ring (bicyclic) bond motifs is 1. The van der Waals surface area contributed by atoms with Gasteiger partial charge in [0.25, 0.3) is 0 Å². The number of pyridine rings is 1. The predicted octanol–water partition coefficient (Wildman–Crippen LogP) is 4.56. The van der Waals surface area contributed by atoms with Crippen LogP contribution < -0.4 is 5.73 Å². The fourth-order valence-electron chi connectivity index (χ4n) is 3.63. The fraction of sp³-hybridized carbons (Fsp3) is 0.368. The maximum Gasteiger partial charge on any atom is 0.183 e. The molecule has 4 heteroatoms. The van der Waals surface area contributed by atoms with Gasteiger partial charge in [0, 0.05) is 11.6 Å². The van der Waals surface area contributed by atoms with Gasteiger partial charge in [0.15, 0.2) is 5.65 Å². The Hall–Kier alpha value is -2.36. The Morgan fingerprint density at radius 3 is 2.57 bits per heavy atom. The number of H-pyrrole nitrogens is 1. The minimum atomic E-state index is 0.551. The van der Waals surface area contributed by atoms with E-state index in [4.69, 9.17) is 10.7 Å². The maximum atomic E-state index is 6.11.